The second-order valence-corrected chi connectivity index (χ2v) is 5.39. The number of amides is 1. The van der Waals surface area contributed by atoms with E-state index in [0.29, 0.717) is 17.9 Å². The molecule has 3 unspecified atom stereocenters. The smallest absolute Gasteiger partial charge is 0.239 e. The van der Waals surface area contributed by atoms with Gasteiger partial charge in [0.1, 0.15) is 0 Å². The third kappa shape index (κ3) is 2.33. The Labute approximate surface area is 104 Å². The van der Waals surface area contributed by atoms with Gasteiger partial charge >= 0.3 is 0 Å². The standard InChI is InChI=1S/C13H25N3O/c1-3-16(11-6-4-5-10(11)9-14)12-7-8-15(2)13(12)17/h10-12H,3-9,14H2,1-2H3. The van der Waals surface area contributed by atoms with Crippen LogP contribution >= 0.6 is 0 Å². The zero-order chi connectivity index (χ0) is 12.4. The van der Waals surface area contributed by atoms with Crippen molar-refractivity contribution < 1.29 is 4.79 Å². The highest BCUT2D eigenvalue weighted by molar-refractivity contribution is 5.83. The number of likely N-dealkylation sites (tertiary alicyclic amines) is 1. The van der Waals surface area contributed by atoms with Crippen LogP contribution in [0.5, 0.6) is 0 Å². The maximum absolute atomic E-state index is 12.1. The lowest BCUT2D eigenvalue weighted by Crippen LogP contribution is -2.49. The molecule has 1 aliphatic carbocycles. The summed E-state index contributed by atoms with van der Waals surface area (Å²) in [5, 5.41) is 0. The van der Waals surface area contributed by atoms with Gasteiger partial charge in [-0.3, -0.25) is 9.69 Å². The number of likely N-dealkylation sites (N-methyl/N-ethyl adjacent to an activating group) is 2. The van der Waals surface area contributed by atoms with Crippen molar-refractivity contribution in [2.24, 2.45) is 11.7 Å². The van der Waals surface area contributed by atoms with E-state index in [-0.39, 0.29) is 6.04 Å². The minimum absolute atomic E-state index is 0.113. The maximum Gasteiger partial charge on any atom is 0.239 e. The first-order valence-electron chi connectivity index (χ1n) is 6.89. The number of nitrogens with two attached hydrogens (primary N) is 1. The third-order valence-corrected chi connectivity index (χ3v) is 4.51. The predicted octanol–water partition coefficient (Wildman–Crippen LogP) is 0.666. The van der Waals surface area contributed by atoms with Crippen LogP contribution in [0.25, 0.3) is 0 Å². The molecule has 1 saturated heterocycles. The van der Waals surface area contributed by atoms with Gasteiger partial charge in [0.25, 0.3) is 0 Å². The molecule has 0 radical (unpaired) electrons. The van der Waals surface area contributed by atoms with Crippen molar-refractivity contribution in [3.8, 4) is 0 Å². The summed E-state index contributed by atoms with van der Waals surface area (Å²) in [5.41, 5.74) is 5.86. The van der Waals surface area contributed by atoms with Crippen LogP contribution in [0.1, 0.15) is 32.6 Å². The molecule has 2 aliphatic rings. The summed E-state index contributed by atoms with van der Waals surface area (Å²) < 4.78 is 0. The van der Waals surface area contributed by atoms with Crippen molar-refractivity contribution in [2.75, 3.05) is 26.7 Å². The minimum Gasteiger partial charge on any atom is -0.344 e. The van der Waals surface area contributed by atoms with Gasteiger partial charge in [-0.05, 0) is 38.3 Å². The van der Waals surface area contributed by atoms with Gasteiger partial charge in [0.05, 0.1) is 6.04 Å². The Morgan fingerprint density at radius 2 is 2.18 bits per heavy atom. The summed E-state index contributed by atoms with van der Waals surface area (Å²) in [7, 11) is 1.91. The minimum atomic E-state index is 0.113. The van der Waals surface area contributed by atoms with Crippen molar-refractivity contribution >= 4 is 5.91 Å². The normalized spacial score (nSPS) is 34.0. The van der Waals surface area contributed by atoms with Gasteiger partial charge in [0.15, 0.2) is 0 Å². The summed E-state index contributed by atoms with van der Waals surface area (Å²) >= 11 is 0. The summed E-state index contributed by atoms with van der Waals surface area (Å²) in [6.45, 7) is 4.79. The van der Waals surface area contributed by atoms with E-state index in [1.54, 1.807) is 0 Å². The van der Waals surface area contributed by atoms with Crippen molar-refractivity contribution in [1.82, 2.24) is 9.80 Å². The van der Waals surface area contributed by atoms with E-state index in [4.69, 9.17) is 5.73 Å². The van der Waals surface area contributed by atoms with E-state index in [1.807, 2.05) is 11.9 Å². The largest absolute Gasteiger partial charge is 0.344 e. The maximum atomic E-state index is 12.1. The first-order chi connectivity index (χ1) is 8.19. The fraction of sp³-hybridized carbons (Fsp3) is 0.923. The lowest BCUT2D eigenvalue weighted by atomic mass is 10.00. The molecule has 17 heavy (non-hydrogen) atoms. The number of carbonyl (C=O) groups is 1. The molecule has 0 bridgehead atoms. The van der Waals surface area contributed by atoms with Crippen LogP contribution in [0.15, 0.2) is 0 Å². The molecule has 2 rings (SSSR count). The van der Waals surface area contributed by atoms with Crippen LogP contribution < -0.4 is 5.73 Å². The summed E-state index contributed by atoms with van der Waals surface area (Å²) in [5.74, 6) is 0.892. The second kappa shape index (κ2) is 5.36. The molecule has 1 saturated carbocycles. The lowest BCUT2D eigenvalue weighted by molar-refractivity contribution is -0.132. The molecule has 2 fully saturated rings. The molecule has 4 heteroatoms. The summed E-state index contributed by atoms with van der Waals surface area (Å²) in [6, 6.07) is 0.646. The molecule has 2 N–H and O–H groups in total. The van der Waals surface area contributed by atoms with Crippen LogP contribution in [0.3, 0.4) is 0 Å². The Hall–Kier alpha value is -0.610. The zero-order valence-electron chi connectivity index (χ0n) is 11.1. The average molecular weight is 239 g/mol. The molecule has 0 spiro atoms. The van der Waals surface area contributed by atoms with Crippen LogP contribution in [0.4, 0.5) is 0 Å². The first-order valence-corrected chi connectivity index (χ1v) is 6.89. The lowest BCUT2D eigenvalue weighted by Gasteiger charge is -2.35. The summed E-state index contributed by atoms with van der Waals surface area (Å²) in [4.78, 5) is 16.4. The van der Waals surface area contributed by atoms with Gasteiger partial charge in [0.2, 0.25) is 5.91 Å². The number of carbonyl (C=O) groups excluding carboxylic acids is 1. The van der Waals surface area contributed by atoms with E-state index < -0.39 is 0 Å². The van der Waals surface area contributed by atoms with Gasteiger partial charge < -0.3 is 10.6 Å². The van der Waals surface area contributed by atoms with E-state index in [0.717, 1.165) is 26.1 Å². The van der Waals surface area contributed by atoms with Crippen LogP contribution in [-0.4, -0.2) is 54.5 Å². The van der Waals surface area contributed by atoms with E-state index in [2.05, 4.69) is 11.8 Å². The predicted molar refractivity (Wildman–Crippen MR) is 68.6 cm³/mol. The van der Waals surface area contributed by atoms with Crippen molar-refractivity contribution in [3.63, 3.8) is 0 Å². The van der Waals surface area contributed by atoms with Gasteiger partial charge in [-0.1, -0.05) is 13.3 Å². The number of hydrogen-bond donors (Lipinski definition) is 1. The highest BCUT2D eigenvalue weighted by Gasteiger charge is 2.40. The monoisotopic (exact) mass is 239 g/mol. The van der Waals surface area contributed by atoms with Crippen molar-refractivity contribution in [3.05, 3.63) is 0 Å². The molecule has 98 valence electrons. The van der Waals surface area contributed by atoms with Gasteiger partial charge in [-0.2, -0.15) is 0 Å². The van der Waals surface area contributed by atoms with Crippen LogP contribution in [-0.2, 0) is 4.79 Å². The Kier molecular flexibility index (Phi) is 4.05. The molecule has 0 aromatic heterocycles. The topological polar surface area (TPSA) is 49.6 Å². The zero-order valence-corrected chi connectivity index (χ0v) is 11.1. The Bertz CT molecular complexity index is 282. The molecule has 0 aromatic rings. The van der Waals surface area contributed by atoms with E-state index in [9.17, 15) is 4.79 Å². The molecule has 3 atom stereocenters. The van der Waals surface area contributed by atoms with Crippen LogP contribution in [0, 0.1) is 5.92 Å². The molecular weight excluding hydrogens is 214 g/mol. The van der Waals surface area contributed by atoms with E-state index in [1.165, 1.54) is 19.3 Å². The fourth-order valence-electron chi connectivity index (χ4n) is 3.53. The molecule has 1 aliphatic heterocycles. The van der Waals surface area contributed by atoms with Gasteiger partial charge in [-0.15, -0.1) is 0 Å². The molecule has 1 heterocycles. The highest BCUT2D eigenvalue weighted by Crippen LogP contribution is 2.32. The van der Waals surface area contributed by atoms with Crippen molar-refractivity contribution in [2.45, 2.75) is 44.7 Å². The quantitative estimate of drug-likeness (QED) is 0.784. The molecular formula is C13H25N3O. The average Bonchev–Trinajstić information content (AvgIpc) is 2.92. The highest BCUT2D eigenvalue weighted by atomic mass is 16.2. The van der Waals surface area contributed by atoms with Crippen LogP contribution in [0.2, 0.25) is 0 Å². The fourth-order valence-corrected chi connectivity index (χ4v) is 3.53. The second-order valence-electron chi connectivity index (χ2n) is 5.39. The van der Waals surface area contributed by atoms with Crippen molar-refractivity contribution in [1.29, 1.82) is 0 Å². The SMILES string of the molecule is CCN(C1CCN(C)C1=O)C1CCCC1CN. The number of nitrogens with zero attached hydrogens (tertiary/aromatic N) is 2. The Morgan fingerprint density at radius 1 is 1.41 bits per heavy atom. The van der Waals surface area contributed by atoms with Gasteiger partial charge in [-0.25, -0.2) is 0 Å². The van der Waals surface area contributed by atoms with E-state index >= 15 is 0 Å². The molecule has 4 nitrogen and oxygen atoms in total. The molecule has 0 aromatic carbocycles. The third-order valence-electron chi connectivity index (χ3n) is 4.51. The first kappa shape index (κ1) is 12.8. The molecule has 1 amide bonds. The van der Waals surface area contributed by atoms with Gasteiger partial charge in [0, 0.05) is 19.6 Å². The number of rotatable bonds is 4. The summed E-state index contributed by atoms with van der Waals surface area (Å²) in [6.07, 6.45) is 4.69. The Balaban J connectivity index is 2.08. The Morgan fingerprint density at radius 3 is 2.71 bits per heavy atom. The number of hydrogen-bond acceptors (Lipinski definition) is 3.